The van der Waals surface area contributed by atoms with Gasteiger partial charge in [-0.15, -0.1) is 0 Å². The minimum absolute atomic E-state index is 0.00463. The third-order valence-corrected chi connectivity index (χ3v) is 4.84. The number of carbonyl (C=O) groups excluding carboxylic acids is 2. The van der Waals surface area contributed by atoms with E-state index in [1.807, 2.05) is 13.8 Å². The van der Waals surface area contributed by atoms with E-state index in [-0.39, 0.29) is 17.6 Å². The molecule has 0 radical (unpaired) electrons. The molecule has 1 aromatic heterocycles. The summed E-state index contributed by atoms with van der Waals surface area (Å²) in [7, 11) is 0. The summed E-state index contributed by atoms with van der Waals surface area (Å²) < 4.78 is 0. The number of rotatable bonds is 6. The van der Waals surface area contributed by atoms with Crippen molar-refractivity contribution >= 4 is 11.6 Å². The van der Waals surface area contributed by atoms with Crippen LogP contribution in [-0.4, -0.2) is 51.8 Å². The molecule has 1 aromatic rings. The van der Waals surface area contributed by atoms with Crippen LogP contribution >= 0.6 is 0 Å². The van der Waals surface area contributed by atoms with Crippen molar-refractivity contribution in [2.45, 2.75) is 65.5 Å². The number of nitrogens with zero attached hydrogens (tertiary/aromatic N) is 1. The molecular formula is C18H28N2O3. The first kappa shape index (κ1) is 17.9. The maximum absolute atomic E-state index is 12.8. The Labute approximate surface area is 138 Å². The van der Waals surface area contributed by atoms with Crippen molar-refractivity contribution in [3.63, 3.8) is 0 Å². The Kier molecular flexibility index (Phi) is 5.76. The first-order valence-electron chi connectivity index (χ1n) is 8.54. The van der Waals surface area contributed by atoms with E-state index >= 15 is 0 Å². The molecule has 2 N–H and O–H groups in total. The SMILES string of the molecule is CCc1c(C(=O)CN2CCCCC2C(C)O)[nH]c(C)c1C(C)=O. The number of nitrogens with one attached hydrogen (secondary N) is 1. The van der Waals surface area contributed by atoms with Crippen LogP contribution in [0, 0.1) is 6.92 Å². The smallest absolute Gasteiger partial charge is 0.193 e. The first-order chi connectivity index (χ1) is 10.9. The van der Waals surface area contributed by atoms with Crippen molar-refractivity contribution < 1.29 is 14.7 Å². The van der Waals surface area contributed by atoms with Gasteiger partial charge >= 0.3 is 0 Å². The summed E-state index contributed by atoms with van der Waals surface area (Å²) in [5.41, 5.74) is 2.81. The zero-order valence-corrected chi connectivity index (χ0v) is 14.6. The van der Waals surface area contributed by atoms with E-state index in [0.29, 0.717) is 24.2 Å². The van der Waals surface area contributed by atoms with E-state index in [0.717, 1.165) is 37.1 Å². The van der Waals surface area contributed by atoms with Crippen LogP contribution in [0.5, 0.6) is 0 Å². The maximum atomic E-state index is 12.8. The molecule has 2 rings (SSSR count). The predicted octanol–water partition coefficient (Wildman–Crippen LogP) is 2.51. The van der Waals surface area contributed by atoms with Gasteiger partial charge in [0.15, 0.2) is 11.6 Å². The molecule has 0 saturated carbocycles. The highest BCUT2D eigenvalue weighted by Crippen LogP contribution is 2.23. The van der Waals surface area contributed by atoms with Crippen LogP contribution in [0.1, 0.15) is 72.1 Å². The molecule has 1 fully saturated rings. The molecule has 2 atom stereocenters. The Bertz CT molecular complexity index is 589. The van der Waals surface area contributed by atoms with E-state index in [4.69, 9.17) is 0 Å². The molecule has 1 saturated heterocycles. The maximum Gasteiger partial charge on any atom is 0.193 e. The van der Waals surface area contributed by atoms with Crippen molar-refractivity contribution in [2.75, 3.05) is 13.1 Å². The van der Waals surface area contributed by atoms with E-state index in [1.54, 1.807) is 6.92 Å². The van der Waals surface area contributed by atoms with Crippen LogP contribution in [0.25, 0.3) is 0 Å². The highest BCUT2D eigenvalue weighted by atomic mass is 16.3. The fourth-order valence-electron chi connectivity index (χ4n) is 3.77. The summed E-state index contributed by atoms with van der Waals surface area (Å²) in [6.45, 7) is 8.26. The van der Waals surface area contributed by atoms with Crippen molar-refractivity contribution in [2.24, 2.45) is 0 Å². The lowest BCUT2D eigenvalue weighted by Gasteiger charge is -2.36. The molecule has 0 amide bonds. The van der Waals surface area contributed by atoms with Crippen molar-refractivity contribution in [1.82, 2.24) is 9.88 Å². The Hall–Kier alpha value is -1.46. The Balaban J connectivity index is 2.23. The van der Waals surface area contributed by atoms with Gasteiger partial charge in [-0.1, -0.05) is 13.3 Å². The fraction of sp³-hybridized carbons (Fsp3) is 0.667. The lowest BCUT2D eigenvalue weighted by molar-refractivity contribution is 0.0356. The summed E-state index contributed by atoms with van der Waals surface area (Å²) in [5.74, 6) is -0.000482. The number of aryl methyl sites for hydroxylation is 1. The third-order valence-electron chi connectivity index (χ3n) is 4.84. The number of ketones is 2. The number of aliphatic hydroxyl groups is 1. The minimum atomic E-state index is -0.438. The second-order valence-corrected chi connectivity index (χ2v) is 6.59. The number of hydrogen-bond acceptors (Lipinski definition) is 4. The lowest BCUT2D eigenvalue weighted by atomic mass is 9.97. The van der Waals surface area contributed by atoms with Gasteiger partial charge in [0.25, 0.3) is 0 Å². The van der Waals surface area contributed by atoms with Gasteiger partial charge < -0.3 is 10.1 Å². The molecule has 5 heteroatoms. The number of likely N-dealkylation sites (tertiary alicyclic amines) is 1. The van der Waals surface area contributed by atoms with E-state index in [1.165, 1.54) is 6.92 Å². The molecule has 5 nitrogen and oxygen atoms in total. The number of hydrogen-bond donors (Lipinski definition) is 2. The average molecular weight is 320 g/mol. The monoisotopic (exact) mass is 320 g/mol. The number of Topliss-reactive ketones (excluding diaryl/α,β-unsaturated/α-hetero) is 2. The van der Waals surface area contributed by atoms with Gasteiger partial charge in [-0.2, -0.15) is 0 Å². The summed E-state index contributed by atoms with van der Waals surface area (Å²) in [6.07, 6.45) is 3.29. The minimum Gasteiger partial charge on any atom is -0.392 e. The zero-order chi connectivity index (χ0) is 17.1. The molecule has 0 aliphatic carbocycles. The van der Waals surface area contributed by atoms with Crippen LogP contribution in [0.2, 0.25) is 0 Å². The molecule has 23 heavy (non-hydrogen) atoms. The molecular weight excluding hydrogens is 292 g/mol. The highest BCUT2D eigenvalue weighted by Gasteiger charge is 2.29. The van der Waals surface area contributed by atoms with Gasteiger partial charge in [-0.3, -0.25) is 14.5 Å². The Morgan fingerprint density at radius 1 is 1.39 bits per heavy atom. The predicted molar refractivity (Wildman–Crippen MR) is 90.1 cm³/mol. The molecule has 128 valence electrons. The van der Waals surface area contributed by atoms with Crippen LogP contribution in [0.4, 0.5) is 0 Å². The van der Waals surface area contributed by atoms with Crippen LogP contribution < -0.4 is 0 Å². The third kappa shape index (κ3) is 3.72. The first-order valence-corrected chi connectivity index (χ1v) is 8.54. The molecule has 0 aromatic carbocycles. The second kappa shape index (κ2) is 7.41. The summed E-state index contributed by atoms with van der Waals surface area (Å²) in [6, 6.07) is 0.0427. The largest absolute Gasteiger partial charge is 0.392 e. The molecule has 2 heterocycles. The highest BCUT2D eigenvalue weighted by molar-refractivity contribution is 6.04. The van der Waals surface area contributed by atoms with Gasteiger partial charge in [0, 0.05) is 17.3 Å². The summed E-state index contributed by atoms with van der Waals surface area (Å²) in [4.78, 5) is 29.8. The van der Waals surface area contributed by atoms with E-state index in [9.17, 15) is 14.7 Å². The van der Waals surface area contributed by atoms with Crippen LogP contribution in [0.3, 0.4) is 0 Å². The van der Waals surface area contributed by atoms with Gasteiger partial charge in [0.2, 0.25) is 0 Å². The zero-order valence-electron chi connectivity index (χ0n) is 14.6. The van der Waals surface area contributed by atoms with E-state index in [2.05, 4.69) is 9.88 Å². The van der Waals surface area contributed by atoms with E-state index < -0.39 is 6.10 Å². The number of aliphatic hydroxyl groups excluding tert-OH is 1. The summed E-state index contributed by atoms with van der Waals surface area (Å²) in [5, 5.41) is 9.95. The molecule has 1 aliphatic heterocycles. The molecule has 2 unspecified atom stereocenters. The number of aromatic nitrogens is 1. The average Bonchev–Trinajstić information content (AvgIpc) is 2.84. The van der Waals surface area contributed by atoms with Gasteiger partial charge in [-0.25, -0.2) is 0 Å². The lowest BCUT2D eigenvalue weighted by Crippen LogP contribution is -2.48. The van der Waals surface area contributed by atoms with Crippen molar-refractivity contribution in [1.29, 1.82) is 0 Å². The quantitative estimate of drug-likeness (QED) is 0.790. The Morgan fingerprint density at radius 2 is 2.09 bits per heavy atom. The van der Waals surface area contributed by atoms with Gasteiger partial charge in [0.05, 0.1) is 18.3 Å². The number of piperidine rings is 1. The number of H-pyrrole nitrogens is 1. The topological polar surface area (TPSA) is 73.4 Å². The van der Waals surface area contributed by atoms with Crippen molar-refractivity contribution in [3.05, 3.63) is 22.5 Å². The summed E-state index contributed by atoms with van der Waals surface area (Å²) >= 11 is 0. The Morgan fingerprint density at radius 3 is 2.65 bits per heavy atom. The fourth-order valence-corrected chi connectivity index (χ4v) is 3.77. The number of carbonyl (C=O) groups is 2. The normalized spacial score (nSPS) is 20.5. The molecule has 0 bridgehead atoms. The standard InChI is InChI=1S/C18H28N2O3/c1-5-14-17(13(4)22)11(2)19-18(14)16(23)10-20-9-7-6-8-15(20)12(3)21/h12,15,19,21H,5-10H2,1-4H3. The van der Waals surface area contributed by atoms with Crippen molar-refractivity contribution in [3.8, 4) is 0 Å². The van der Waals surface area contributed by atoms with Crippen LogP contribution in [-0.2, 0) is 6.42 Å². The molecule has 0 spiro atoms. The molecule has 1 aliphatic rings. The second-order valence-electron chi connectivity index (χ2n) is 6.59. The van der Waals surface area contributed by atoms with Gasteiger partial charge in [-0.05, 0) is 52.1 Å². The van der Waals surface area contributed by atoms with Crippen LogP contribution in [0.15, 0.2) is 0 Å². The van der Waals surface area contributed by atoms with Gasteiger partial charge in [0.1, 0.15) is 0 Å². The number of aromatic amines is 1.